The Kier molecular flexibility index (Phi) is 3.83. The summed E-state index contributed by atoms with van der Waals surface area (Å²) >= 11 is 0. The van der Waals surface area contributed by atoms with Crippen molar-refractivity contribution in [2.24, 2.45) is 0 Å². The summed E-state index contributed by atoms with van der Waals surface area (Å²) in [4.78, 5) is 3.29. The summed E-state index contributed by atoms with van der Waals surface area (Å²) in [7, 11) is -4.16. The van der Waals surface area contributed by atoms with Crippen molar-refractivity contribution < 1.29 is 12.8 Å². The highest BCUT2D eigenvalue weighted by Crippen LogP contribution is 2.21. The molecule has 0 atom stereocenters. The third kappa shape index (κ3) is 2.96. The number of nitrogens with zero attached hydrogens (tertiary/aromatic N) is 3. The maximum atomic E-state index is 13.7. The predicted molar refractivity (Wildman–Crippen MR) is 70.9 cm³/mol. The molecule has 2 rings (SSSR count). The number of pyridine rings is 1. The average Bonchev–Trinajstić information content (AvgIpc) is 2.49. The lowest BCUT2D eigenvalue weighted by molar-refractivity contribution is 0.598. The Balaban J connectivity index is 2.44. The molecule has 0 saturated heterocycles. The Morgan fingerprint density at radius 2 is 1.95 bits per heavy atom. The third-order valence-electron chi connectivity index (χ3n) is 2.51. The summed E-state index contributed by atoms with van der Waals surface area (Å²) in [5.41, 5.74) is -0.546. The molecule has 6 nitrogen and oxygen atoms in total. The van der Waals surface area contributed by atoms with Gasteiger partial charge in [-0.1, -0.05) is 0 Å². The zero-order valence-electron chi connectivity index (χ0n) is 10.4. The molecule has 104 valence electrons. The fourth-order valence-corrected chi connectivity index (χ4v) is 2.73. The second-order valence-electron chi connectivity index (χ2n) is 3.87. The van der Waals surface area contributed by atoms with Crippen molar-refractivity contribution in [1.29, 1.82) is 10.5 Å². The normalized spacial score (nSPS) is 10.4. The molecule has 1 aromatic heterocycles. The number of aromatic nitrogens is 1. The summed E-state index contributed by atoms with van der Waals surface area (Å²) < 4.78 is 40.0. The summed E-state index contributed by atoms with van der Waals surface area (Å²) in [6.07, 6.45) is 1.28. The molecule has 0 amide bonds. The van der Waals surface area contributed by atoms with Gasteiger partial charge in [-0.25, -0.2) is 17.8 Å². The van der Waals surface area contributed by atoms with Crippen molar-refractivity contribution in [1.82, 2.24) is 4.98 Å². The summed E-state index contributed by atoms with van der Waals surface area (Å²) in [5, 5.41) is 17.5. The molecule has 0 radical (unpaired) electrons. The van der Waals surface area contributed by atoms with E-state index in [1.807, 2.05) is 4.72 Å². The van der Waals surface area contributed by atoms with Crippen LogP contribution >= 0.6 is 0 Å². The molecule has 1 heterocycles. The molecule has 21 heavy (non-hydrogen) atoms. The van der Waals surface area contributed by atoms with Crippen LogP contribution in [0.5, 0.6) is 0 Å². The molecule has 0 bridgehead atoms. The van der Waals surface area contributed by atoms with E-state index in [9.17, 15) is 12.8 Å². The Bertz CT molecular complexity index is 882. The van der Waals surface area contributed by atoms with Crippen LogP contribution in [0, 0.1) is 28.5 Å². The topological polar surface area (TPSA) is 107 Å². The highest BCUT2D eigenvalue weighted by atomic mass is 32.2. The largest absolute Gasteiger partial charge is 0.277 e. The van der Waals surface area contributed by atoms with Gasteiger partial charge < -0.3 is 0 Å². The number of hydrogen-bond donors (Lipinski definition) is 1. The van der Waals surface area contributed by atoms with Gasteiger partial charge in [0.25, 0.3) is 10.0 Å². The van der Waals surface area contributed by atoms with Gasteiger partial charge in [0.15, 0.2) is 5.69 Å². The van der Waals surface area contributed by atoms with Crippen molar-refractivity contribution in [2.75, 3.05) is 4.72 Å². The Hall–Kier alpha value is -2.97. The van der Waals surface area contributed by atoms with Crippen molar-refractivity contribution in [3.63, 3.8) is 0 Å². The van der Waals surface area contributed by atoms with Gasteiger partial charge in [-0.15, -0.1) is 0 Å². The zero-order valence-corrected chi connectivity index (χ0v) is 11.2. The third-order valence-corrected chi connectivity index (χ3v) is 3.91. The van der Waals surface area contributed by atoms with Crippen LogP contribution in [0.25, 0.3) is 0 Å². The molecule has 2 aromatic rings. The first kappa shape index (κ1) is 14.4. The molecule has 1 N–H and O–H groups in total. The number of hydrogen-bond acceptors (Lipinski definition) is 5. The van der Waals surface area contributed by atoms with Crippen LogP contribution in [0.3, 0.4) is 0 Å². The van der Waals surface area contributed by atoms with Crippen LogP contribution in [-0.2, 0) is 10.0 Å². The summed E-state index contributed by atoms with van der Waals surface area (Å²) in [6.45, 7) is 0. The van der Waals surface area contributed by atoms with Crippen LogP contribution in [0.2, 0.25) is 0 Å². The van der Waals surface area contributed by atoms with Gasteiger partial charge in [0.2, 0.25) is 0 Å². The first-order valence-corrected chi connectivity index (χ1v) is 7.04. The molecule has 0 aliphatic carbocycles. The number of benzene rings is 1. The fourth-order valence-electron chi connectivity index (χ4n) is 1.56. The number of anilines is 1. The minimum absolute atomic E-state index is 0.0644. The van der Waals surface area contributed by atoms with E-state index in [0.29, 0.717) is 0 Å². The standard InChI is InChI=1S/C13H7FN4O2S/c14-10-6-9(7-15)3-4-11(10)18-21(19,20)13-2-1-5-17-12(13)8-16/h1-6,18H. The molecule has 0 spiro atoms. The van der Waals surface area contributed by atoms with Gasteiger partial charge in [-0.3, -0.25) is 4.72 Å². The molecule has 0 aliphatic rings. The second kappa shape index (κ2) is 5.57. The molecule has 0 aliphatic heterocycles. The van der Waals surface area contributed by atoms with E-state index in [-0.39, 0.29) is 21.8 Å². The van der Waals surface area contributed by atoms with E-state index < -0.39 is 15.8 Å². The first-order chi connectivity index (χ1) is 9.97. The van der Waals surface area contributed by atoms with Crippen molar-refractivity contribution in [3.05, 3.63) is 53.6 Å². The Morgan fingerprint density at radius 1 is 1.19 bits per heavy atom. The average molecular weight is 302 g/mol. The van der Waals surface area contributed by atoms with E-state index >= 15 is 0 Å². The van der Waals surface area contributed by atoms with Crippen LogP contribution < -0.4 is 4.72 Å². The number of sulfonamides is 1. The smallest absolute Gasteiger partial charge is 0.264 e. The van der Waals surface area contributed by atoms with Crippen molar-refractivity contribution in [2.45, 2.75) is 4.90 Å². The van der Waals surface area contributed by atoms with Gasteiger partial charge in [-0.05, 0) is 30.3 Å². The molecule has 1 aromatic carbocycles. The molecular weight excluding hydrogens is 295 g/mol. The summed E-state index contributed by atoms with van der Waals surface area (Å²) in [5.74, 6) is -0.889. The number of rotatable bonds is 3. The summed E-state index contributed by atoms with van der Waals surface area (Å²) in [6, 6.07) is 9.25. The second-order valence-corrected chi connectivity index (χ2v) is 5.52. The molecular formula is C13H7FN4O2S. The first-order valence-electron chi connectivity index (χ1n) is 5.55. The SMILES string of the molecule is N#Cc1ccc(NS(=O)(=O)c2cccnc2C#N)c(F)c1. The lowest BCUT2D eigenvalue weighted by Crippen LogP contribution is -2.16. The van der Waals surface area contributed by atoms with E-state index in [1.165, 1.54) is 24.4 Å². The highest BCUT2D eigenvalue weighted by molar-refractivity contribution is 7.92. The molecule has 0 fully saturated rings. The molecule has 0 saturated carbocycles. The van der Waals surface area contributed by atoms with E-state index in [4.69, 9.17) is 10.5 Å². The van der Waals surface area contributed by atoms with Gasteiger partial charge in [0.05, 0.1) is 17.3 Å². The van der Waals surface area contributed by atoms with Gasteiger partial charge >= 0.3 is 0 Å². The zero-order chi connectivity index (χ0) is 15.5. The number of halogens is 1. The maximum Gasteiger partial charge on any atom is 0.264 e. The van der Waals surface area contributed by atoms with Gasteiger partial charge in [0.1, 0.15) is 16.8 Å². The van der Waals surface area contributed by atoms with Crippen molar-refractivity contribution >= 4 is 15.7 Å². The number of nitriles is 2. The maximum absolute atomic E-state index is 13.7. The van der Waals surface area contributed by atoms with Crippen LogP contribution in [-0.4, -0.2) is 13.4 Å². The monoisotopic (exact) mass is 302 g/mol. The van der Waals surface area contributed by atoms with Crippen LogP contribution in [0.1, 0.15) is 11.3 Å². The van der Waals surface area contributed by atoms with E-state index in [0.717, 1.165) is 12.1 Å². The molecule has 0 unspecified atom stereocenters. The minimum atomic E-state index is -4.16. The Labute approximate surface area is 120 Å². The Morgan fingerprint density at radius 3 is 2.57 bits per heavy atom. The lowest BCUT2D eigenvalue weighted by atomic mass is 10.2. The highest BCUT2D eigenvalue weighted by Gasteiger charge is 2.20. The predicted octanol–water partition coefficient (Wildman–Crippen LogP) is 1.76. The van der Waals surface area contributed by atoms with Gasteiger partial charge in [0, 0.05) is 6.20 Å². The van der Waals surface area contributed by atoms with Gasteiger partial charge in [-0.2, -0.15) is 10.5 Å². The van der Waals surface area contributed by atoms with Crippen LogP contribution in [0.4, 0.5) is 10.1 Å². The molecule has 8 heteroatoms. The minimum Gasteiger partial charge on any atom is -0.277 e. The quantitative estimate of drug-likeness (QED) is 0.929. The van der Waals surface area contributed by atoms with Crippen LogP contribution in [0.15, 0.2) is 41.4 Å². The lowest BCUT2D eigenvalue weighted by Gasteiger charge is -2.09. The van der Waals surface area contributed by atoms with Crippen molar-refractivity contribution in [3.8, 4) is 12.1 Å². The number of nitrogens with one attached hydrogen (secondary N) is 1. The van der Waals surface area contributed by atoms with E-state index in [2.05, 4.69) is 4.98 Å². The fraction of sp³-hybridized carbons (Fsp3) is 0. The van der Waals surface area contributed by atoms with E-state index in [1.54, 1.807) is 12.1 Å².